The summed E-state index contributed by atoms with van der Waals surface area (Å²) in [6.07, 6.45) is 2.19. The number of hydrogen-bond acceptors (Lipinski definition) is 5. The Morgan fingerprint density at radius 3 is 2.96 bits per heavy atom. The number of fused-ring (bicyclic) bond motifs is 2. The second kappa shape index (κ2) is 6.61. The van der Waals surface area contributed by atoms with Crippen molar-refractivity contribution < 1.29 is 14.0 Å². The maximum Gasteiger partial charge on any atom is 0.232 e. The molecule has 1 atom stereocenters. The van der Waals surface area contributed by atoms with Crippen LogP contribution in [0.25, 0.3) is 0 Å². The van der Waals surface area contributed by atoms with E-state index in [0.717, 1.165) is 17.1 Å². The third-order valence-electron chi connectivity index (χ3n) is 5.10. The number of anilines is 2. The number of aromatic nitrogens is 2. The van der Waals surface area contributed by atoms with Gasteiger partial charge in [0.1, 0.15) is 18.0 Å². The SMILES string of the molecule is CN(C)c1ncnc2c1CCN(C(=O)CC1C(=O)Nc3ccc(F)cc31)C2. The van der Waals surface area contributed by atoms with Crippen LogP contribution in [0.3, 0.4) is 0 Å². The Morgan fingerprint density at radius 2 is 2.19 bits per heavy atom. The van der Waals surface area contributed by atoms with Gasteiger partial charge in [-0.3, -0.25) is 9.59 Å². The molecule has 0 spiro atoms. The van der Waals surface area contributed by atoms with Crippen LogP contribution in [0.15, 0.2) is 24.5 Å². The van der Waals surface area contributed by atoms with Crippen LogP contribution in [0.5, 0.6) is 0 Å². The maximum atomic E-state index is 13.6. The van der Waals surface area contributed by atoms with Gasteiger partial charge in [0.2, 0.25) is 11.8 Å². The number of nitrogens with zero attached hydrogens (tertiary/aromatic N) is 4. The minimum atomic E-state index is -0.660. The molecular formula is C19H20FN5O2. The average Bonchev–Trinajstić information content (AvgIpc) is 2.95. The molecule has 1 unspecified atom stereocenters. The number of benzene rings is 1. The minimum Gasteiger partial charge on any atom is -0.362 e. The van der Waals surface area contributed by atoms with Crippen LogP contribution in [0.2, 0.25) is 0 Å². The molecule has 2 amide bonds. The first kappa shape index (κ1) is 17.4. The smallest absolute Gasteiger partial charge is 0.232 e. The fraction of sp³-hybridized carbons (Fsp3) is 0.368. The monoisotopic (exact) mass is 369 g/mol. The molecule has 1 aromatic heterocycles. The van der Waals surface area contributed by atoms with Gasteiger partial charge in [0.25, 0.3) is 0 Å². The van der Waals surface area contributed by atoms with E-state index in [0.29, 0.717) is 30.8 Å². The highest BCUT2D eigenvalue weighted by Crippen LogP contribution is 2.36. The van der Waals surface area contributed by atoms with Gasteiger partial charge in [0.15, 0.2) is 0 Å². The van der Waals surface area contributed by atoms with E-state index in [4.69, 9.17) is 0 Å². The zero-order chi connectivity index (χ0) is 19.1. The van der Waals surface area contributed by atoms with Crippen LogP contribution < -0.4 is 10.2 Å². The van der Waals surface area contributed by atoms with Gasteiger partial charge >= 0.3 is 0 Å². The summed E-state index contributed by atoms with van der Waals surface area (Å²) in [5.74, 6) is -0.608. The van der Waals surface area contributed by atoms with E-state index in [1.807, 2.05) is 19.0 Å². The molecule has 3 heterocycles. The standard InChI is InChI=1S/C19H20FN5O2/c1-24(2)18-12-5-6-25(9-16(12)21-10-22-18)17(26)8-14-13-7-11(20)3-4-15(13)23-19(14)27/h3-4,7,10,14H,5-6,8-9H2,1-2H3,(H,23,27). The van der Waals surface area contributed by atoms with Gasteiger partial charge in [-0.2, -0.15) is 0 Å². The van der Waals surface area contributed by atoms with E-state index >= 15 is 0 Å². The van der Waals surface area contributed by atoms with Crippen molar-refractivity contribution in [2.45, 2.75) is 25.3 Å². The van der Waals surface area contributed by atoms with Crippen molar-refractivity contribution in [3.05, 3.63) is 47.2 Å². The lowest BCUT2D eigenvalue weighted by Gasteiger charge is -2.30. The molecule has 7 nitrogen and oxygen atoms in total. The predicted octanol–water partition coefficient (Wildman–Crippen LogP) is 1.69. The second-order valence-corrected chi connectivity index (χ2v) is 7.06. The molecule has 0 bridgehead atoms. The number of carbonyl (C=O) groups is 2. The molecule has 0 fully saturated rings. The molecule has 0 saturated carbocycles. The molecule has 2 aliphatic rings. The third-order valence-corrected chi connectivity index (χ3v) is 5.10. The number of rotatable bonds is 3. The van der Waals surface area contributed by atoms with Crippen LogP contribution in [0.1, 0.15) is 29.2 Å². The normalized spacial score (nSPS) is 18.0. The molecule has 0 radical (unpaired) electrons. The van der Waals surface area contributed by atoms with Gasteiger partial charge in [-0.25, -0.2) is 14.4 Å². The van der Waals surface area contributed by atoms with Crippen LogP contribution in [0, 0.1) is 5.82 Å². The first-order chi connectivity index (χ1) is 12.9. The summed E-state index contributed by atoms with van der Waals surface area (Å²) in [5.41, 5.74) is 3.00. The summed E-state index contributed by atoms with van der Waals surface area (Å²) >= 11 is 0. The van der Waals surface area contributed by atoms with E-state index in [-0.39, 0.29) is 18.2 Å². The van der Waals surface area contributed by atoms with Gasteiger partial charge < -0.3 is 15.1 Å². The summed E-state index contributed by atoms with van der Waals surface area (Å²) in [6, 6.07) is 4.16. The van der Waals surface area contributed by atoms with Gasteiger partial charge in [-0.1, -0.05) is 0 Å². The van der Waals surface area contributed by atoms with Crippen molar-refractivity contribution in [3.63, 3.8) is 0 Å². The highest BCUT2D eigenvalue weighted by atomic mass is 19.1. The molecule has 140 valence electrons. The first-order valence-corrected chi connectivity index (χ1v) is 8.82. The van der Waals surface area contributed by atoms with Crippen molar-refractivity contribution in [2.24, 2.45) is 0 Å². The summed E-state index contributed by atoms with van der Waals surface area (Å²) in [7, 11) is 3.85. The lowest BCUT2D eigenvalue weighted by Crippen LogP contribution is -2.38. The molecule has 1 aromatic carbocycles. The molecule has 8 heteroatoms. The number of amides is 2. The Balaban J connectivity index is 1.52. The fourth-order valence-corrected chi connectivity index (χ4v) is 3.74. The van der Waals surface area contributed by atoms with Crippen molar-refractivity contribution in [2.75, 3.05) is 30.9 Å². The number of carbonyl (C=O) groups excluding carboxylic acids is 2. The van der Waals surface area contributed by atoms with Crippen LogP contribution in [-0.4, -0.2) is 47.3 Å². The van der Waals surface area contributed by atoms with E-state index in [1.165, 1.54) is 24.5 Å². The van der Waals surface area contributed by atoms with Crippen molar-refractivity contribution >= 4 is 23.3 Å². The molecule has 2 aliphatic heterocycles. The highest BCUT2D eigenvalue weighted by molar-refractivity contribution is 6.04. The van der Waals surface area contributed by atoms with E-state index in [2.05, 4.69) is 15.3 Å². The molecule has 2 aromatic rings. The van der Waals surface area contributed by atoms with Gasteiger partial charge in [0, 0.05) is 38.3 Å². The Morgan fingerprint density at radius 1 is 1.37 bits per heavy atom. The topological polar surface area (TPSA) is 78.4 Å². The molecule has 1 N–H and O–H groups in total. The molecule has 4 rings (SSSR count). The Labute approximate surface area is 156 Å². The molecular weight excluding hydrogens is 349 g/mol. The van der Waals surface area contributed by atoms with Gasteiger partial charge in [-0.05, 0) is 30.2 Å². The van der Waals surface area contributed by atoms with Crippen molar-refractivity contribution in [1.82, 2.24) is 14.9 Å². The summed E-state index contributed by atoms with van der Waals surface area (Å²) in [4.78, 5) is 37.4. The first-order valence-electron chi connectivity index (χ1n) is 8.82. The third kappa shape index (κ3) is 3.11. The molecule has 0 saturated heterocycles. The molecule has 27 heavy (non-hydrogen) atoms. The number of nitrogens with one attached hydrogen (secondary N) is 1. The van der Waals surface area contributed by atoms with E-state index in [9.17, 15) is 14.0 Å². The van der Waals surface area contributed by atoms with Crippen molar-refractivity contribution in [1.29, 1.82) is 0 Å². The zero-order valence-corrected chi connectivity index (χ0v) is 15.2. The van der Waals surface area contributed by atoms with E-state index < -0.39 is 11.7 Å². The summed E-state index contributed by atoms with van der Waals surface area (Å²) in [6.45, 7) is 0.937. The van der Waals surface area contributed by atoms with Crippen LogP contribution in [-0.2, 0) is 22.6 Å². The fourth-order valence-electron chi connectivity index (χ4n) is 3.74. The second-order valence-electron chi connectivity index (χ2n) is 7.06. The number of hydrogen-bond donors (Lipinski definition) is 1. The van der Waals surface area contributed by atoms with Crippen LogP contribution >= 0.6 is 0 Å². The lowest BCUT2D eigenvalue weighted by molar-refractivity contribution is -0.134. The summed E-state index contributed by atoms with van der Waals surface area (Å²) in [5, 5.41) is 2.72. The van der Waals surface area contributed by atoms with E-state index in [1.54, 1.807) is 4.90 Å². The van der Waals surface area contributed by atoms with Gasteiger partial charge in [0.05, 0.1) is 18.2 Å². The lowest BCUT2D eigenvalue weighted by atomic mass is 9.95. The average molecular weight is 369 g/mol. The maximum absolute atomic E-state index is 13.6. The zero-order valence-electron chi connectivity index (χ0n) is 15.2. The van der Waals surface area contributed by atoms with Crippen molar-refractivity contribution in [3.8, 4) is 0 Å². The Bertz CT molecular complexity index is 930. The quantitative estimate of drug-likeness (QED) is 0.891. The largest absolute Gasteiger partial charge is 0.362 e. The molecule has 0 aliphatic carbocycles. The summed E-state index contributed by atoms with van der Waals surface area (Å²) < 4.78 is 13.6. The minimum absolute atomic E-state index is 0.0171. The number of halogens is 1. The Kier molecular flexibility index (Phi) is 4.25. The highest BCUT2D eigenvalue weighted by Gasteiger charge is 2.35. The Hall–Kier alpha value is -3.03. The van der Waals surface area contributed by atoms with Gasteiger partial charge in [-0.15, -0.1) is 0 Å². The van der Waals surface area contributed by atoms with Crippen LogP contribution in [0.4, 0.5) is 15.9 Å². The predicted molar refractivity (Wildman–Crippen MR) is 97.9 cm³/mol.